The van der Waals surface area contributed by atoms with Gasteiger partial charge < -0.3 is 4.74 Å². The summed E-state index contributed by atoms with van der Waals surface area (Å²) in [6.07, 6.45) is 0. The van der Waals surface area contributed by atoms with E-state index in [2.05, 4.69) is 0 Å². The molecule has 1 aliphatic heterocycles. The third-order valence-corrected chi connectivity index (χ3v) is 8.16. The number of sulfonamides is 1. The monoisotopic (exact) mass is 425 g/mol. The molecule has 29 heavy (non-hydrogen) atoms. The second-order valence-electron chi connectivity index (χ2n) is 7.00. The van der Waals surface area contributed by atoms with E-state index in [0.29, 0.717) is 18.0 Å². The van der Waals surface area contributed by atoms with Crippen LogP contribution in [0.4, 0.5) is 0 Å². The van der Waals surface area contributed by atoms with Crippen LogP contribution in [-0.4, -0.2) is 25.0 Å². The third kappa shape index (κ3) is 4.50. The molecule has 0 saturated carbocycles. The molecule has 3 aromatic carbocycles. The fourth-order valence-electron chi connectivity index (χ4n) is 3.28. The van der Waals surface area contributed by atoms with Crippen LogP contribution in [0.1, 0.15) is 22.1 Å². The minimum Gasteiger partial charge on any atom is -0.489 e. The van der Waals surface area contributed by atoms with Crippen LogP contribution >= 0.6 is 11.8 Å². The Balaban J connectivity index is 1.49. The molecule has 0 N–H and O–H groups in total. The second-order valence-corrected chi connectivity index (χ2v) is 10.1. The Morgan fingerprint density at radius 3 is 2.34 bits per heavy atom. The van der Waals surface area contributed by atoms with Crippen molar-refractivity contribution in [3.8, 4) is 5.75 Å². The SMILES string of the molecule is Cc1ccc(S(=O)(=O)N2CCS[C@@H]2c2ccc(OCc3ccccc3)cc2)cc1. The number of thioether (sulfide) groups is 1. The molecule has 1 atom stereocenters. The second kappa shape index (κ2) is 8.61. The minimum absolute atomic E-state index is 0.218. The highest BCUT2D eigenvalue weighted by Gasteiger charge is 2.36. The summed E-state index contributed by atoms with van der Waals surface area (Å²) >= 11 is 1.65. The normalized spacial score (nSPS) is 17.3. The zero-order chi connectivity index (χ0) is 20.3. The van der Waals surface area contributed by atoms with Crippen molar-refractivity contribution in [2.24, 2.45) is 0 Å². The van der Waals surface area contributed by atoms with Gasteiger partial charge in [-0.1, -0.05) is 60.2 Å². The average Bonchev–Trinajstić information content (AvgIpc) is 3.25. The largest absolute Gasteiger partial charge is 0.489 e. The fourth-order valence-corrected chi connectivity index (χ4v) is 6.52. The predicted octanol–water partition coefficient (Wildman–Crippen LogP) is 5.01. The highest BCUT2D eigenvalue weighted by atomic mass is 32.2. The standard InChI is InChI=1S/C23H23NO3S2/c1-18-7-13-22(14-8-18)29(25,26)24-15-16-28-23(24)20-9-11-21(12-10-20)27-17-19-5-3-2-4-6-19/h2-14,23H,15-17H2,1H3/t23-/m1/s1. The highest BCUT2D eigenvalue weighted by molar-refractivity contribution is 8.01. The van der Waals surface area contributed by atoms with Gasteiger partial charge in [-0.05, 0) is 42.3 Å². The lowest BCUT2D eigenvalue weighted by Gasteiger charge is -2.24. The molecule has 1 aliphatic rings. The number of aryl methyl sites for hydroxylation is 1. The van der Waals surface area contributed by atoms with Crippen LogP contribution in [0.3, 0.4) is 0 Å². The number of hydrogen-bond donors (Lipinski definition) is 0. The molecule has 3 aromatic rings. The van der Waals surface area contributed by atoms with Gasteiger partial charge in [0.1, 0.15) is 12.4 Å². The van der Waals surface area contributed by atoms with Crippen LogP contribution < -0.4 is 4.74 Å². The Morgan fingerprint density at radius 1 is 0.966 bits per heavy atom. The number of hydrogen-bond acceptors (Lipinski definition) is 4. The first-order valence-corrected chi connectivity index (χ1v) is 12.0. The fraction of sp³-hybridized carbons (Fsp3) is 0.217. The summed E-state index contributed by atoms with van der Waals surface area (Å²) < 4.78 is 33.7. The summed E-state index contributed by atoms with van der Waals surface area (Å²) in [7, 11) is -3.53. The van der Waals surface area contributed by atoms with Crippen molar-refractivity contribution >= 4 is 21.8 Å². The predicted molar refractivity (Wildman–Crippen MR) is 117 cm³/mol. The quantitative estimate of drug-likeness (QED) is 0.557. The number of nitrogens with zero attached hydrogens (tertiary/aromatic N) is 1. The maximum Gasteiger partial charge on any atom is 0.244 e. The first-order chi connectivity index (χ1) is 14.0. The zero-order valence-electron chi connectivity index (χ0n) is 16.2. The lowest BCUT2D eigenvalue weighted by Crippen LogP contribution is -2.30. The molecule has 1 saturated heterocycles. The highest BCUT2D eigenvalue weighted by Crippen LogP contribution is 2.41. The van der Waals surface area contributed by atoms with Crippen molar-refractivity contribution < 1.29 is 13.2 Å². The first kappa shape index (κ1) is 20.0. The molecule has 0 bridgehead atoms. The van der Waals surface area contributed by atoms with E-state index in [1.54, 1.807) is 28.2 Å². The maximum absolute atomic E-state index is 13.1. The van der Waals surface area contributed by atoms with E-state index in [1.165, 1.54) is 0 Å². The van der Waals surface area contributed by atoms with Gasteiger partial charge in [-0.2, -0.15) is 4.31 Å². The van der Waals surface area contributed by atoms with Gasteiger partial charge in [0.25, 0.3) is 0 Å². The minimum atomic E-state index is -3.53. The van der Waals surface area contributed by atoms with Crippen molar-refractivity contribution in [2.75, 3.05) is 12.3 Å². The topological polar surface area (TPSA) is 46.6 Å². The molecule has 6 heteroatoms. The van der Waals surface area contributed by atoms with Crippen molar-refractivity contribution in [1.82, 2.24) is 4.31 Å². The smallest absolute Gasteiger partial charge is 0.244 e. The number of rotatable bonds is 6. The van der Waals surface area contributed by atoms with Gasteiger partial charge in [-0.15, -0.1) is 11.8 Å². The van der Waals surface area contributed by atoms with Gasteiger partial charge >= 0.3 is 0 Å². The number of benzene rings is 3. The summed E-state index contributed by atoms with van der Waals surface area (Å²) in [5, 5.41) is -0.218. The van der Waals surface area contributed by atoms with E-state index in [-0.39, 0.29) is 5.37 Å². The van der Waals surface area contributed by atoms with Gasteiger partial charge in [0.05, 0.1) is 10.3 Å². The molecule has 0 aliphatic carbocycles. The molecule has 0 amide bonds. The van der Waals surface area contributed by atoms with Crippen LogP contribution in [0.25, 0.3) is 0 Å². The van der Waals surface area contributed by atoms with Crippen LogP contribution in [0.15, 0.2) is 83.8 Å². The van der Waals surface area contributed by atoms with Crippen molar-refractivity contribution in [2.45, 2.75) is 23.8 Å². The van der Waals surface area contributed by atoms with E-state index < -0.39 is 10.0 Å². The Labute approximate surface area is 176 Å². The van der Waals surface area contributed by atoms with Gasteiger partial charge in [-0.3, -0.25) is 0 Å². The lowest BCUT2D eigenvalue weighted by atomic mass is 10.2. The van der Waals surface area contributed by atoms with Crippen LogP contribution in [0.5, 0.6) is 5.75 Å². The van der Waals surface area contributed by atoms with E-state index in [9.17, 15) is 8.42 Å². The van der Waals surface area contributed by atoms with Gasteiger partial charge in [-0.25, -0.2) is 8.42 Å². The van der Waals surface area contributed by atoms with Crippen molar-refractivity contribution in [1.29, 1.82) is 0 Å². The van der Waals surface area contributed by atoms with E-state index >= 15 is 0 Å². The van der Waals surface area contributed by atoms with E-state index in [1.807, 2.05) is 73.7 Å². The van der Waals surface area contributed by atoms with Crippen molar-refractivity contribution in [3.63, 3.8) is 0 Å². The molecule has 0 radical (unpaired) electrons. The molecule has 4 rings (SSSR count). The molecule has 150 valence electrons. The van der Waals surface area contributed by atoms with Crippen LogP contribution in [0, 0.1) is 6.92 Å². The summed E-state index contributed by atoms with van der Waals surface area (Å²) in [5.74, 6) is 1.55. The average molecular weight is 426 g/mol. The van der Waals surface area contributed by atoms with Crippen molar-refractivity contribution in [3.05, 3.63) is 95.6 Å². The molecule has 1 fully saturated rings. The Morgan fingerprint density at radius 2 is 1.66 bits per heavy atom. The first-order valence-electron chi connectivity index (χ1n) is 9.51. The van der Waals surface area contributed by atoms with Crippen LogP contribution in [0.2, 0.25) is 0 Å². The summed E-state index contributed by atoms with van der Waals surface area (Å²) in [6.45, 7) is 2.97. The van der Waals surface area contributed by atoms with Gasteiger partial charge in [0.15, 0.2) is 0 Å². The molecular formula is C23H23NO3S2. The lowest BCUT2D eigenvalue weighted by molar-refractivity contribution is 0.306. The molecule has 0 aromatic heterocycles. The third-order valence-electron chi connectivity index (χ3n) is 4.89. The molecule has 1 heterocycles. The summed E-state index contributed by atoms with van der Waals surface area (Å²) in [4.78, 5) is 0.346. The Kier molecular flexibility index (Phi) is 5.94. The molecular weight excluding hydrogens is 402 g/mol. The van der Waals surface area contributed by atoms with E-state index in [0.717, 1.165) is 28.2 Å². The molecule has 0 spiro atoms. The van der Waals surface area contributed by atoms with Gasteiger partial charge in [0.2, 0.25) is 10.0 Å². The number of ether oxygens (including phenoxy) is 1. The molecule has 4 nitrogen and oxygen atoms in total. The Hall–Kier alpha value is -2.28. The van der Waals surface area contributed by atoms with Gasteiger partial charge in [0, 0.05) is 12.3 Å². The zero-order valence-corrected chi connectivity index (χ0v) is 17.8. The van der Waals surface area contributed by atoms with E-state index in [4.69, 9.17) is 4.74 Å². The van der Waals surface area contributed by atoms with Crippen LogP contribution in [-0.2, 0) is 16.6 Å². The Bertz CT molecular complexity index is 1050. The maximum atomic E-state index is 13.1. The summed E-state index contributed by atoms with van der Waals surface area (Å²) in [6, 6.07) is 24.8. The molecule has 0 unspecified atom stereocenters. The summed E-state index contributed by atoms with van der Waals surface area (Å²) in [5.41, 5.74) is 3.12.